The van der Waals surface area contributed by atoms with Gasteiger partial charge in [-0.2, -0.15) is 13.2 Å². The predicted octanol–water partition coefficient (Wildman–Crippen LogP) is 6.12. The second-order valence-electron chi connectivity index (χ2n) is 6.44. The van der Waals surface area contributed by atoms with E-state index in [-0.39, 0.29) is 5.56 Å². The van der Waals surface area contributed by atoms with Crippen LogP contribution in [0.5, 0.6) is 0 Å². The molecule has 4 nitrogen and oxygen atoms in total. The van der Waals surface area contributed by atoms with Crippen LogP contribution in [0.25, 0.3) is 16.0 Å². The molecule has 0 spiro atoms. The molecule has 0 N–H and O–H groups in total. The Kier molecular flexibility index (Phi) is 5.61. The lowest BCUT2D eigenvalue weighted by atomic mass is 10.1. The van der Waals surface area contributed by atoms with E-state index in [2.05, 4.69) is 9.97 Å². The molecule has 0 fully saturated rings. The van der Waals surface area contributed by atoms with Gasteiger partial charge in [0.1, 0.15) is 11.0 Å². The molecule has 0 saturated heterocycles. The molecule has 0 radical (unpaired) electrons. The fraction of sp³-hybridized carbons (Fsp3) is 0.150. The third kappa shape index (κ3) is 4.10. The Balaban J connectivity index is 1.60. The van der Waals surface area contributed by atoms with E-state index in [4.69, 9.17) is 11.6 Å². The number of hydrogen-bond acceptors (Lipinski definition) is 5. The number of rotatable bonds is 4. The average molecular weight is 468 g/mol. The van der Waals surface area contributed by atoms with E-state index in [1.807, 2.05) is 13.0 Å². The summed E-state index contributed by atoms with van der Waals surface area (Å²) >= 11 is 8.82. The first kappa shape index (κ1) is 20.9. The first-order valence-electron chi connectivity index (χ1n) is 8.66. The highest BCUT2D eigenvalue weighted by atomic mass is 35.5. The number of fused-ring (bicyclic) bond motifs is 1. The molecule has 4 rings (SSSR count). The lowest BCUT2D eigenvalue weighted by Gasteiger charge is -2.10. The summed E-state index contributed by atoms with van der Waals surface area (Å²) < 4.78 is 40.4. The maximum Gasteiger partial charge on any atom is 0.416 e. The number of para-hydroxylation sites is 1. The lowest BCUT2D eigenvalue weighted by molar-refractivity contribution is -0.137. The number of aryl methyl sites for hydroxylation is 1. The Morgan fingerprint density at radius 2 is 1.90 bits per heavy atom. The van der Waals surface area contributed by atoms with Gasteiger partial charge in [-0.3, -0.25) is 9.36 Å². The van der Waals surface area contributed by atoms with Crippen molar-refractivity contribution in [3.8, 4) is 5.69 Å². The van der Waals surface area contributed by atoms with Gasteiger partial charge in [-0.25, -0.2) is 9.97 Å². The van der Waals surface area contributed by atoms with Crippen molar-refractivity contribution < 1.29 is 13.2 Å². The maximum absolute atomic E-state index is 13.0. The number of alkyl halides is 3. The van der Waals surface area contributed by atoms with Crippen LogP contribution in [0.15, 0.2) is 57.9 Å². The van der Waals surface area contributed by atoms with Crippen molar-refractivity contribution in [2.75, 3.05) is 0 Å². The molecule has 10 heteroatoms. The summed E-state index contributed by atoms with van der Waals surface area (Å²) in [5.41, 5.74) is 1.52. The minimum absolute atomic E-state index is 0.268. The molecule has 0 bridgehead atoms. The Hall–Kier alpha value is -2.36. The van der Waals surface area contributed by atoms with Crippen LogP contribution < -0.4 is 5.56 Å². The van der Waals surface area contributed by atoms with Crippen LogP contribution >= 0.6 is 34.7 Å². The zero-order chi connectivity index (χ0) is 21.5. The van der Waals surface area contributed by atoms with Crippen molar-refractivity contribution in [1.82, 2.24) is 14.5 Å². The number of thioether (sulfide) groups is 1. The van der Waals surface area contributed by atoms with Gasteiger partial charge in [0.05, 0.1) is 16.3 Å². The molecule has 0 atom stereocenters. The molecule has 0 aliphatic rings. The fourth-order valence-corrected chi connectivity index (χ4v) is 5.17. The van der Waals surface area contributed by atoms with Gasteiger partial charge in [0, 0.05) is 5.75 Å². The monoisotopic (exact) mass is 467 g/mol. The summed E-state index contributed by atoms with van der Waals surface area (Å²) in [5, 5.41) is 0.444. The second kappa shape index (κ2) is 8.05. The molecule has 0 unspecified atom stereocenters. The van der Waals surface area contributed by atoms with Gasteiger partial charge in [0.2, 0.25) is 0 Å². The number of benzene rings is 2. The molecular weight excluding hydrogens is 455 g/mol. The highest BCUT2D eigenvalue weighted by Gasteiger charge is 2.29. The standard InChI is InChI=1S/C20H13ClF3N3OS2/c1-11-3-2-4-14(21)15(11)27-10-25-17-16(18(27)28)30-19(26-17)29-9-12-5-7-13(8-6-12)20(22,23)24/h2-8,10H,9H2,1H3. The van der Waals surface area contributed by atoms with E-state index in [9.17, 15) is 18.0 Å². The van der Waals surface area contributed by atoms with E-state index in [1.54, 1.807) is 12.1 Å². The molecule has 30 heavy (non-hydrogen) atoms. The minimum atomic E-state index is -4.36. The molecule has 4 aromatic rings. The number of nitrogens with zero attached hydrogens (tertiary/aromatic N) is 3. The third-order valence-electron chi connectivity index (χ3n) is 4.37. The van der Waals surface area contributed by atoms with Gasteiger partial charge in [0.25, 0.3) is 5.56 Å². The summed E-state index contributed by atoms with van der Waals surface area (Å²) in [7, 11) is 0. The fourth-order valence-electron chi connectivity index (χ4n) is 2.88. The SMILES string of the molecule is Cc1cccc(Cl)c1-n1cnc2nc(SCc3ccc(C(F)(F)F)cc3)sc2c1=O. The molecule has 154 valence electrons. The molecular formula is C20H13ClF3N3OS2. The van der Waals surface area contributed by atoms with Crippen LogP contribution in [0.1, 0.15) is 16.7 Å². The van der Waals surface area contributed by atoms with E-state index in [0.717, 1.165) is 23.3 Å². The van der Waals surface area contributed by atoms with Crippen molar-refractivity contribution >= 4 is 45.0 Å². The smallest absolute Gasteiger partial charge is 0.267 e. The lowest BCUT2D eigenvalue weighted by Crippen LogP contribution is -2.19. The van der Waals surface area contributed by atoms with Crippen molar-refractivity contribution in [1.29, 1.82) is 0 Å². The Labute approximate surface area is 182 Å². The van der Waals surface area contributed by atoms with Gasteiger partial charge in [-0.1, -0.05) is 47.6 Å². The summed E-state index contributed by atoms with van der Waals surface area (Å²) in [6.45, 7) is 1.86. The minimum Gasteiger partial charge on any atom is -0.267 e. The summed E-state index contributed by atoms with van der Waals surface area (Å²) in [4.78, 5) is 21.6. The Morgan fingerprint density at radius 3 is 2.57 bits per heavy atom. The second-order valence-corrected chi connectivity index (χ2v) is 9.07. The molecule has 0 amide bonds. The number of halogens is 4. The Morgan fingerprint density at radius 1 is 1.17 bits per heavy atom. The Bertz CT molecular complexity index is 1260. The molecule has 2 aromatic carbocycles. The summed E-state index contributed by atoms with van der Waals surface area (Å²) in [5.74, 6) is 0.426. The van der Waals surface area contributed by atoms with Crippen LogP contribution in [0.4, 0.5) is 13.2 Å². The van der Waals surface area contributed by atoms with Gasteiger partial charge < -0.3 is 0 Å². The molecule has 2 heterocycles. The third-order valence-corrected chi connectivity index (χ3v) is 6.92. The van der Waals surface area contributed by atoms with Crippen LogP contribution in [-0.2, 0) is 11.9 Å². The molecule has 0 saturated carbocycles. The zero-order valence-electron chi connectivity index (χ0n) is 15.4. The highest BCUT2D eigenvalue weighted by molar-refractivity contribution is 8.00. The zero-order valence-corrected chi connectivity index (χ0v) is 17.8. The summed E-state index contributed by atoms with van der Waals surface area (Å²) in [6, 6.07) is 10.4. The normalized spacial score (nSPS) is 11.9. The predicted molar refractivity (Wildman–Crippen MR) is 114 cm³/mol. The van der Waals surface area contributed by atoms with Crippen LogP contribution in [0, 0.1) is 6.92 Å². The average Bonchev–Trinajstić information content (AvgIpc) is 3.12. The van der Waals surface area contributed by atoms with Gasteiger partial charge in [-0.15, -0.1) is 11.3 Å². The number of thiazole rings is 1. The van der Waals surface area contributed by atoms with E-state index in [1.165, 1.54) is 46.1 Å². The number of hydrogen-bond donors (Lipinski definition) is 0. The van der Waals surface area contributed by atoms with E-state index >= 15 is 0 Å². The summed E-state index contributed by atoms with van der Waals surface area (Å²) in [6.07, 6.45) is -2.95. The highest BCUT2D eigenvalue weighted by Crippen LogP contribution is 2.32. The van der Waals surface area contributed by atoms with Crippen LogP contribution in [-0.4, -0.2) is 14.5 Å². The van der Waals surface area contributed by atoms with Gasteiger partial charge in [0.15, 0.2) is 9.99 Å². The molecule has 0 aliphatic carbocycles. The van der Waals surface area contributed by atoms with Crippen molar-refractivity contribution in [3.63, 3.8) is 0 Å². The van der Waals surface area contributed by atoms with Gasteiger partial charge >= 0.3 is 6.18 Å². The van der Waals surface area contributed by atoms with Crippen molar-refractivity contribution in [2.45, 2.75) is 23.2 Å². The van der Waals surface area contributed by atoms with Crippen LogP contribution in [0.2, 0.25) is 5.02 Å². The largest absolute Gasteiger partial charge is 0.416 e. The topological polar surface area (TPSA) is 47.8 Å². The maximum atomic E-state index is 13.0. The molecule has 2 aromatic heterocycles. The first-order valence-corrected chi connectivity index (χ1v) is 10.8. The van der Waals surface area contributed by atoms with E-state index in [0.29, 0.717) is 31.1 Å². The van der Waals surface area contributed by atoms with Crippen LogP contribution in [0.3, 0.4) is 0 Å². The van der Waals surface area contributed by atoms with E-state index < -0.39 is 11.7 Å². The first-order chi connectivity index (χ1) is 14.2. The van der Waals surface area contributed by atoms with Gasteiger partial charge in [-0.05, 0) is 36.2 Å². The number of aromatic nitrogens is 3. The van der Waals surface area contributed by atoms with Crippen molar-refractivity contribution in [2.24, 2.45) is 0 Å². The molecule has 0 aliphatic heterocycles. The quantitative estimate of drug-likeness (QED) is 0.339. The van der Waals surface area contributed by atoms with Crippen molar-refractivity contribution in [3.05, 3.63) is 80.9 Å².